The van der Waals surface area contributed by atoms with Gasteiger partial charge in [0.25, 0.3) is 0 Å². The van der Waals surface area contributed by atoms with Gasteiger partial charge in [-0.1, -0.05) is 44.2 Å². The van der Waals surface area contributed by atoms with Gasteiger partial charge in [-0.15, -0.1) is 0 Å². The second-order valence-electron chi connectivity index (χ2n) is 7.40. The van der Waals surface area contributed by atoms with Gasteiger partial charge in [0.1, 0.15) is 0 Å². The van der Waals surface area contributed by atoms with Crippen molar-refractivity contribution in [1.29, 1.82) is 0 Å². The Balaban J connectivity index is 1.61. The molecule has 3 heteroatoms. The van der Waals surface area contributed by atoms with Crippen molar-refractivity contribution >= 4 is 5.57 Å². The van der Waals surface area contributed by atoms with Gasteiger partial charge in [-0.25, -0.2) is 0 Å². The molecule has 2 aliphatic heterocycles. The van der Waals surface area contributed by atoms with E-state index in [9.17, 15) is 0 Å². The molecule has 0 amide bonds. The zero-order valence-electron chi connectivity index (χ0n) is 13.4. The predicted molar refractivity (Wildman–Crippen MR) is 85.4 cm³/mol. The van der Waals surface area contributed by atoms with Crippen molar-refractivity contribution < 1.29 is 14.2 Å². The van der Waals surface area contributed by atoms with Crippen molar-refractivity contribution in [1.82, 2.24) is 0 Å². The Hall–Kier alpha value is -1.16. The average Bonchev–Trinajstić information content (AvgIpc) is 3.13. The first-order chi connectivity index (χ1) is 10.5. The van der Waals surface area contributed by atoms with E-state index in [2.05, 4.69) is 50.3 Å². The van der Waals surface area contributed by atoms with Crippen LogP contribution in [0.4, 0.5) is 0 Å². The molecular formula is C19H24O3. The van der Waals surface area contributed by atoms with Crippen molar-refractivity contribution in [2.45, 2.75) is 44.5 Å². The van der Waals surface area contributed by atoms with E-state index in [1.54, 1.807) is 0 Å². The monoisotopic (exact) mass is 300 g/mol. The Morgan fingerprint density at radius 3 is 2.32 bits per heavy atom. The molecule has 2 fully saturated rings. The number of hydrogen-bond donors (Lipinski definition) is 0. The Bertz CT molecular complexity index is 584. The molecule has 2 spiro atoms. The topological polar surface area (TPSA) is 27.7 Å². The average molecular weight is 300 g/mol. The normalized spacial score (nSPS) is 32.5. The van der Waals surface area contributed by atoms with Gasteiger partial charge in [0.15, 0.2) is 5.79 Å². The Morgan fingerprint density at radius 2 is 1.64 bits per heavy atom. The van der Waals surface area contributed by atoms with E-state index < -0.39 is 5.79 Å². The Morgan fingerprint density at radius 1 is 0.909 bits per heavy atom. The molecule has 1 atom stereocenters. The summed E-state index contributed by atoms with van der Waals surface area (Å²) in [5.74, 6) is -0.412. The fourth-order valence-corrected chi connectivity index (χ4v) is 4.36. The molecule has 1 aliphatic carbocycles. The van der Waals surface area contributed by atoms with Crippen LogP contribution in [0.5, 0.6) is 0 Å². The summed E-state index contributed by atoms with van der Waals surface area (Å²) in [5, 5.41) is 0. The summed E-state index contributed by atoms with van der Waals surface area (Å²) in [6.07, 6.45) is 5.16. The van der Waals surface area contributed by atoms with Gasteiger partial charge in [0.2, 0.25) is 0 Å². The molecule has 22 heavy (non-hydrogen) atoms. The molecule has 2 heterocycles. The molecule has 1 aromatic rings. The Kier molecular flexibility index (Phi) is 3.23. The molecule has 1 saturated carbocycles. The van der Waals surface area contributed by atoms with Crippen LogP contribution in [0.15, 0.2) is 36.4 Å². The first kappa shape index (κ1) is 14.4. The van der Waals surface area contributed by atoms with Gasteiger partial charge in [0, 0.05) is 11.8 Å². The van der Waals surface area contributed by atoms with E-state index in [4.69, 9.17) is 14.2 Å². The van der Waals surface area contributed by atoms with Crippen LogP contribution in [0.3, 0.4) is 0 Å². The summed E-state index contributed by atoms with van der Waals surface area (Å²) < 4.78 is 18.3. The van der Waals surface area contributed by atoms with Crippen LogP contribution in [0.25, 0.3) is 5.57 Å². The molecule has 118 valence electrons. The number of hydrogen-bond acceptors (Lipinski definition) is 3. The third-order valence-electron chi connectivity index (χ3n) is 5.50. The fraction of sp³-hybridized carbons (Fsp3) is 0.579. The standard InChI is InChI=1S/C19H24O3/c1-17(2)14-18(8-9-19(17)20-10-11-21-19)12-16(13-22-18)15-6-4-3-5-7-15/h3-7,12H,8-11,13-14H2,1-2H3. The third-order valence-corrected chi connectivity index (χ3v) is 5.50. The van der Waals surface area contributed by atoms with Crippen LogP contribution >= 0.6 is 0 Å². The number of rotatable bonds is 1. The summed E-state index contributed by atoms with van der Waals surface area (Å²) in [5.41, 5.74) is 2.37. The lowest BCUT2D eigenvalue weighted by Gasteiger charge is -2.51. The molecular weight excluding hydrogens is 276 g/mol. The Labute approximate surface area is 132 Å². The minimum atomic E-state index is -0.412. The summed E-state index contributed by atoms with van der Waals surface area (Å²) >= 11 is 0. The zero-order chi connectivity index (χ0) is 15.3. The molecule has 0 radical (unpaired) electrons. The molecule has 1 unspecified atom stereocenters. The minimum Gasteiger partial charge on any atom is -0.366 e. The van der Waals surface area contributed by atoms with E-state index in [0.717, 1.165) is 19.3 Å². The molecule has 0 N–H and O–H groups in total. The third kappa shape index (κ3) is 2.15. The molecule has 4 rings (SSSR count). The highest BCUT2D eigenvalue weighted by Gasteiger charge is 2.58. The molecule has 3 nitrogen and oxygen atoms in total. The van der Waals surface area contributed by atoms with Gasteiger partial charge in [-0.2, -0.15) is 0 Å². The maximum Gasteiger partial charge on any atom is 0.173 e. The van der Waals surface area contributed by atoms with Gasteiger partial charge in [0.05, 0.1) is 25.4 Å². The highest BCUT2D eigenvalue weighted by atomic mass is 16.7. The van der Waals surface area contributed by atoms with Gasteiger partial charge >= 0.3 is 0 Å². The lowest BCUT2D eigenvalue weighted by Crippen LogP contribution is -2.55. The molecule has 0 bridgehead atoms. The van der Waals surface area contributed by atoms with Crippen LogP contribution in [0.2, 0.25) is 0 Å². The summed E-state index contributed by atoms with van der Waals surface area (Å²) in [4.78, 5) is 0. The highest BCUT2D eigenvalue weighted by molar-refractivity contribution is 5.69. The van der Waals surface area contributed by atoms with E-state index in [-0.39, 0.29) is 11.0 Å². The maximum absolute atomic E-state index is 6.28. The number of benzene rings is 1. The zero-order valence-corrected chi connectivity index (χ0v) is 13.4. The predicted octanol–water partition coefficient (Wildman–Crippen LogP) is 3.79. The molecule has 3 aliphatic rings. The van der Waals surface area contributed by atoms with Crippen molar-refractivity contribution in [3.05, 3.63) is 42.0 Å². The quantitative estimate of drug-likeness (QED) is 0.789. The van der Waals surface area contributed by atoms with Crippen LogP contribution in [0, 0.1) is 5.41 Å². The van der Waals surface area contributed by atoms with E-state index in [1.165, 1.54) is 11.1 Å². The molecule has 1 saturated heterocycles. The van der Waals surface area contributed by atoms with Gasteiger partial charge < -0.3 is 14.2 Å². The first-order valence-corrected chi connectivity index (χ1v) is 8.23. The summed E-state index contributed by atoms with van der Waals surface area (Å²) in [7, 11) is 0. The van der Waals surface area contributed by atoms with Gasteiger partial charge in [-0.05, 0) is 30.1 Å². The van der Waals surface area contributed by atoms with Crippen LogP contribution in [-0.2, 0) is 14.2 Å². The largest absolute Gasteiger partial charge is 0.366 e. The molecule has 1 aromatic carbocycles. The smallest absolute Gasteiger partial charge is 0.173 e. The lowest BCUT2D eigenvalue weighted by atomic mass is 9.65. The summed E-state index contributed by atoms with van der Waals surface area (Å²) in [6, 6.07) is 10.5. The van der Waals surface area contributed by atoms with E-state index >= 15 is 0 Å². The number of ether oxygens (including phenoxy) is 3. The van der Waals surface area contributed by atoms with Crippen LogP contribution in [-0.4, -0.2) is 31.2 Å². The highest BCUT2D eigenvalue weighted by Crippen LogP contribution is 2.55. The summed E-state index contributed by atoms with van der Waals surface area (Å²) in [6.45, 7) is 6.62. The SMILES string of the molecule is CC1(C)CC2(C=C(c3ccccc3)CO2)CCC12OCCO2. The second-order valence-corrected chi connectivity index (χ2v) is 7.40. The second kappa shape index (κ2) is 4.92. The lowest BCUT2D eigenvalue weighted by molar-refractivity contribution is -0.267. The van der Waals surface area contributed by atoms with E-state index in [1.807, 2.05) is 0 Å². The van der Waals surface area contributed by atoms with Crippen LogP contribution in [0.1, 0.15) is 38.7 Å². The van der Waals surface area contributed by atoms with Gasteiger partial charge in [-0.3, -0.25) is 0 Å². The van der Waals surface area contributed by atoms with Crippen molar-refractivity contribution in [3.63, 3.8) is 0 Å². The van der Waals surface area contributed by atoms with E-state index in [0.29, 0.717) is 19.8 Å². The van der Waals surface area contributed by atoms with Crippen LogP contribution < -0.4 is 0 Å². The molecule has 0 aromatic heterocycles. The van der Waals surface area contributed by atoms with Crippen molar-refractivity contribution in [3.8, 4) is 0 Å². The van der Waals surface area contributed by atoms with Crippen molar-refractivity contribution in [2.75, 3.05) is 19.8 Å². The first-order valence-electron chi connectivity index (χ1n) is 8.23. The van der Waals surface area contributed by atoms with Crippen molar-refractivity contribution in [2.24, 2.45) is 5.41 Å². The fourth-order valence-electron chi connectivity index (χ4n) is 4.36. The maximum atomic E-state index is 6.28. The minimum absolute atomic E-state index is 0.0512.